The highest BCUT2D eigenvalue weighted by Crippen LogP contribution is 2.35. The fourth-order valence-corrected chi connectivity index (χ4v) is 3.48. The zero-order chi connectivity index (χ0) is 19.8. The van der Waals surface area contributed by atoms with Gasteiger partial charge in [-0.3, -0.25) is 4.79 Å². The van der Waals surface area contributed by atoms with Gasteiger partial charge in [0.1, 0.15) is 11.6 Å². The molecule has 0 saturated carbocycles. The van der Waals surface area contributed by atoms with Crippen molar-refractivity contribution in [2.45, 2.75) is 11.3 Å². The Morgan fingerprint density at radius 2 is 1.52 bits per heavy atom. The molecule has 5 nitrogen and oxygen atoms in total. The van der Waals surface area contributed by atoms with Crippen molar-refractivity contribution in [1.82, 2.24) is 5.32 Å². The standard InChI is InChI=1S/C19H19F2NO4S/c1-26-19(25)16(10-23)22-17(24)11-27-18(12-2-6-14(20)7-3-12)13-4-8-15(21)9-5-13/h2-9,16,18,23H,10-11H2,1H3,(H,22,24)/t16-/m0/s1. The number of nitrogens with one attached hydrogen (secondary N) is 1. The number of rotatable bonds is 8. The molecule has 0 unspecified atom stereocenters. The molecular formula is C19H19F2NO4S. The molecule has 0 bridgehead atoms. The average Bonchev–Trinajstić information content (AvgIpc) is 2.68. The van der Waals surface area contributed by atoms with Gasteiger partial charge >= 0.3 is 5.97 Å². The predicted molar refractivity (Wildman–Crippen MR) is 98.1 cm³/mol. The molecular weight excluding hydrogens is 376 g/mol. The number of ether oxygens (including phenoxy) is 1. The molecule has 0 fully saturated rings. The van der Waals surface area contributed by atoms with Gasteiger partial charge in [-0.25, -0.2) is 13.6 Å². The van der Waals surface area contributed by atoms with E-state index in [1.807, 2.05) is 0 Å². The summed E-state index contributed by atoms with van der Waals surface area (Å²) in [6.07, 6.45) is 0. The summed E-state index contributed by atoms with van der Waals surface area (Å²) in [6.45, 7) is -0.581. The van der Waals surface area contributed by atoms with E-state index >= 15 is 0 Å². The Morgan fingerprint density at radius 1 is 1.04 bits per heavy atom. The van der Waals surface area contributed by atoms with E-state index in [1.54, 1.807) is 24.3 Å². The molecule has 0 saturated heterocycles. The molecule has 2 rings (SSSR count). The predicted octanol–water partition coefficient (Wildman–Crippen LogP) is 2.44. The molecule has 8 heteroatoms. The number of aliphatic hydroxyl groups excluding tert-OH is 1. The lowest BCUT2D eigenvalue weighted by Gasteiger charge is -2.19. The first-order chi connectivity index (χ1) is 12.9. The Bertz CT molecular complexity index is 723. The highest BCUT2D eigenvalue weighted by molar-refractivity contribution is 8.00. The summed E-state index contributed by atoms with van der Waals surface area (Å²) < 4.78 is 30.9. The fraction of sp³-hybridized carbons (Fsp3) is 0.263. The van der Waals surface area contributed by atoms with Gasteiger partial charge in [0, 0.05) is 0 Å². The van der Waals surface area contributed by atoms with Crippen LogP contribution in [-0.4, -0.2) is 42.5 Å². The van der Waals surface area contributed by atoms with Crippen LogP contribution in [0.3, 0.4) is 0 Å². The third-order valence-corrected chi connectivity index (χ3v) is 5.04. The van der Waals surface area contributed by atoms with E-state index in [0.29, 0.717) is 0 Å². The molecule has 0 aliphatic rings. The maximum absolute atomic E-state index is 13.2. The second-order valence-corrected chi connectivity index (χ2v) is 6.71. The number of hydrogen-bond acceptors (Lipinski definition) is 5. The second-order valence-electron chi connectivity index (χ2n) is 5.62. The molecule has 0 spiro atoms. The second kappa shape index (κ2) is 10.0. The Labute approximate surface area is 159 Å². The van der Waals surface area contributed by atoms with E-state index in [0.717, 1.165) is 18.2 Å². The van der Waals surface area contributed by atoms with Gasteiger partial charge in [-0.15, -0.1) is 11.8 Å². The molecule has 0 aliphatic carbocycles. The van der Waals surface area contributed by atoms with E-state index in [4.69, 9.17) is 5.11 Å². The number of methoxy groups -OCH3 is 1. The SMILES string of the molecule is COC(=O)[C@H](CO)NC(=O)CSC(c1ccc(F)cc1)c1ccc(F)cc1. The van der Waals surface area contributed by atoms with Crippen LogP contribution in [0.15, 0.2) is 48.5 Å². The summed E-state index contributed by atoms with van der Waals surface area (Å²) in [5.74, 6) is -2.03. The molecule has 2 aromatic carbocycles. The molecule has 2 aromatic rings. The van der Waals surface area contributed by atoms with Crippen LogP contribution in [0, 0.1) is 11.6 Å². The zero-order valence-corrected chi connectivity index (χ0v) is 15.3. The smallest absolute Gasteiger partial charge is 0.330 e. The van der Waals surface area contributed by atoms with Gasteiger partial charge in [0.05, 0.1) is 24.7 Å². The van der Waals surface area contributed by atoms with Crippen LogP contribution in [0.4, 0.5) is 8.78 Å². The monoisotopic (exact) mass is 395 g/mol. The van der Waals surface area contributed by atoms with E-state index < -0.39 is 24.5 Å². The summed E-state index contributed by atoms with van der Waals surface area (Å²) in [4.78, 5) is 23.6. The summed E-state index contributed by atoms with van der Waals surface area (Å²) in [7, 11) is 1.16. The van der Waals surface area contributed by atoms with E-state index in [1.165, 1.54) is 36.0 Å². The van der Waals surface area contributed by atoms with Crippen molar-refractivity contribution in [3.05, 3.63) is 71.3 Å². The van der Waals surface area contributed by atoms with Crippen LogP contribution >= 0.6 is 11.8 Å². The lowest BCUT2D eigenvalue weighted by molar-refractivity contribution is -0.145. The molecule has 1 atom stereocenters. The molecule has 0 heterocycles. The number of thioether (sulfide) groups is 1. The molecule has 144 valence electrons. The van der Waals surface area contributed by atoms with Gasteiger partial charge < -0.3 is 15.2 Å². The van der Waals surface area contributed by atoms with Crippen LogP contribution in [-0.2, 0) is 14.3 Å². The van der Waals surface area contributed by atoms with Crippen molar-refractivity contribution >= 4 is 23.6 Å². The lowest BCUT2D eigenvalue weighted by Crippen LogP contribution is -2.44. The van der Waals surface area contributed by atoms with Crippen molar-refractivity contribution in [1.29, 1.82) is 0 Å². The number of amides is 1. The first-order valence-corrected chi connectivity index (χ1v) is 9.10. The molecule has 1 amide bonds. The third kappa shape index (κ3) is 6.04. The van der Waals surface area contributed by atoms with Gasteiger partial charge in [-0.2, -0.15) is 0 Å². The van der Waals surface area contributed by atoms with Gasteiger partial charge in [0.2, 0.25) is 5.91 Å². The molecule has 0 aromatic heterocycles. The number of aliphatic hydroxyl groups is 1. The highest BCUT2D eigenvalue weighted by Gasteiger charge is 2.22. The highest BCUT2D eigenvalue weighted by atomic mass is 32.2. The quantitative estimate of drug-likeness (QED) is 0.672. The van der Waals surface area contributed by atoms with Crippen molar-refractivity contribution in [3.8, 4) is 0 Å². The van der Waals surface area contributed by atoms with Gasteiger partial charge in [0.25, 0.3) is 0 Å². The average molecular weight is 395 g/mol. The van der Waals surface area contributed by atoms with Gasteiger partial charge in [0.15, 0.2) is 6.04 Å². The number of esters is 1. The van der Waals surface area contributed by atoms with Crippen molar-refractivity contribution in [3.63, 3.8) is 0 Å². The summed E-state index contributed by atoms with van der Waals surface area (Å²) in [6, 6.07) is 10.5. The van der Waals surface area contributed by atoms with Crippen LogP contribution in [0.5, 0.6) is 0 Å². The summed E-state index contributed by atoms with van der Waals surface area (Å²) >= 11 is 1.23. The first kappa shape index (κ1) is 20.9. The van der Waals surface area contributed by atoms with E-state index in [-0.39, 0.29) is 22.6 Å². The van der Waals surface area contributed by atoms with Crippen LogP contribution < -0.4 is 5.32 Å². The minimum atomic E-state index is -1.14. The Morgan fingerprint density at radius 3 is 1.93 bits per heavy atom. The number of benzene rings is 2. The first-order valence-electron chi connectivity index (χ1n) is 8.05. The fourth-order valence-electron chi connectivity index (χ4n) is 2.38. The van der Waals surface area contributed by atoms with E-state index in [9.17, 15) is 18.4 Å². The number of carbonyl (C=O) groups is 2. The van der Waals surface area contributed by atoms with Crippen molar-refractivity contribution in [2.75, 3.05) is 19.5 Å². The van der Waals surface area contributed by atoms with E-state index in [2.05, 4.69) is 10.1 Å². The van der Waals surface area contributed by atoms with Crippen molar-refractivity contribution in [2.24, 2.45) is 0 Å². The summed E-state index contributed by atoms with van der Waals surface area (Å²) in [5.41, 5.74) is 1.49. The maximum Gasteiger partial charge on any atom is 0.330 e. The minimum Gasteiger partial charge on any atom is -0.467 e. The molecule has 0 aliphatic heterocycles. The number of halogens is 2. The van der Waals surface area contributed by atoms with Crippen LogP contribution in [0.2, 0.25) is 0 Å². The normalized spacial score (nSPS) is 11.9. The van der Waals surface area contributed by atoms with Gasteiger partial charge in [-0.1, -0.05) is 24.3 Å². The maximum atomic E-state index is 13.2. The minimum absolute atomic E-state index is 0.0348. The Kier molecular flexibility index (Phi) is 7.75. The third-order valence-electron chi connectivity index (χ3n) is 3.73. The van der Waals surface area contributed by atoms with Gasteiger partial charge in [-0.05, 0) is 35.4 Å². The molecule has 0 radical (unpaired) electrons. The summed E-state index contributed by atoms with van der Waals surface area (Å²) in [5, 5.41) is 11.2. The Balaban J connectivity index is 2.12. The largest absolute Gasteiger partial charge is 0.467 e. The van der Waals surface area contributed by atoms with Crippen LogP contribution in [0.25, 0.3) is 0 Å². The zero-order valence-electron chi connectivity index (χ0n) is 14.5. The number of carbonyl (C=O) groups excluding carboxylic acids is 2. The number of hydrogen-bond donors (Lipinski definition) is 2. The Hall–Kier alpha value is -2.45. The van der Waals surface area contributed by atoms with Crippen molar-refractivity contribution < 1.29 is 28.2 Å². The molecule has 27 heavy (non-hydrogen) atoms. The van der Waals surface area contributed by atoms with Crippen LogP contribution in [0.1, 0.15) is 16.4 Å². The topological polar surface area (TPSA) is 75.6 Å². The lowest BCUT2D eigenvalue weighted by atomic mass is 10.0. The molecule has 2 N–H and O–H groups in total.